The third kappa shape index (κ3) is 7.68. The van der Waals surface area contributed by atoms with E-state index in [4.69, 9.17) is 11.6 Å². The first-order valence-corrected chi connectivity index (χ1v) is 11.2. The molecule has 0 atom stereocenters. The number of hydrogen-bond donors (Lipinski definition) is 2. The highest BCUT2D eigenvalue weighted by atomic mass is 127. The van der Waals surface area contributed by atoms with E-state index >= 15 is 0 Å². The van der Waals surface area contributed by atoms with Gasteiger partial charge in [-0.1, -0.05) is 29.8 Å². The smallest absolute Gasteiger partial charge is 0.243 e. The summed E-state index contributed by atoms with van der Waals surface area (Å²) >= 11 is 5.79. The Hall–Kier alpha value is -1.43. The number of pyridine rings is 1. The van der Waals surface area contributed by atoms with Crippen LogP contribution >= 0.6 is 35.6 Å². The molecule has 0 aliphatic carbocycles. The van der Waals surface area contributed by atoms with Gasteiger partial charge in [0.05, 0.1) is 4.90 Å². The predicted octanol–water partition coefficient (Wildman–Crippen LogP) is 3.29. The number of aliphatic imine (C=N–C) groups is 1. The fraction of sp³-hybridized carbons (Fsp3) is 0.400. The number of halogens is 2. The van der Waals surface area contributed by atoms with Gasteiger partial charge in [0.2, 0.25) is 10.0 Å². The van der Waals surface area contributed by atoms with Gasteiger partial charge in [-0.15, -0.1) is 24.0 Å². The van der Waals surface area contributed by atoms with E-state index in [9.17, 15) is 8.42 Å². The van der Waals surface area contributed by atoms with Crippen LogP contribution < -0.4 is 10.6 Å². The number of nitrogens with zero attached hydrogens (tertiary/aromatic N) is 3. The summed E-state index contributed by atoms with van der Waals surface area (Å²) in [6.07, 6.45) is 2.55. The van der Waals surface area contributed by atoms with E-state index in [1.165, 1.54) is 4.31 Å². The monoisotopic (exact) mass is 565 g/mol. The van der Waals surface area contributed by atoms with E-state index in [2.05, 4.69) is 20.6 Å². The molecule has 2 aromatic rings. The maximum atomic E-state index is 12.5. The predicted molar refractivity (Wildman–Crippen MR) is 133 cm³/mol. The third-order valence-electron chi connectivity index (χ3n) is 4.51. The van der Waals surface area contributed by atoms with Crippen LogP contribution in [0.3, 0.4) is 0 Å². The van der Waals surface area contributed by atoms with Gasteiger partial charge in [-0.2, -0.15) is 4.31 Å². The molecule has 7 nitrogen and oxygen atoms in total. The SMILES string of the molecule is CN=C(NCCc1ccc(Cl)nc1)NCc1ccc(S(=O)(=O)N(C)C(C)C)cc1.I. The van der Waals surface area contributed by atoms with Gasteiger partial charge < -0.3 is 10.6 Å². The number of hydrogen-bond acceptors (Lipinski definition) is 4. The largest absolute Gasteiger partial charge is 0.356 e. The van der Waals surface area contributed by atoms with Gasteiger partial charge in [-0.05, 0) is 49.6 Å². The summed E-state index contributed by atoms with van der Waals surface area (Å²) in [4.78, 5) is 8.56. The molecule has 0 bridgehead atoms. The summed E-state index contributed by atoms with van der Waals surface area (Å²) in [5.41, 5.74) is 2.04. The zero-order chi connectivity index (χ0) is 21.4. The van der Waals surface area contributed by atoms with Crippen LogP contribution in [0.25, 0.3) is 0 Å². The molecule has 0 spiro atoms. The average Bonchev–Trinajstić information content (AvgIpc) is 2.71. The van der Waals surface area contributed by atoms with Crippen LogP contribution in [-0.2, 0) is 23.0 Å². The van der Waals surface area contributed by atoms with Crippen molar-refractivity contribution in [3.05, 3.63) is 58.9 Å². The van der Waals surface area contributed by atoms with Crippen LogP contribution in [0.4, 0.5) is 0 Å². The lowest BCUT2D eigenvalue weighted by Gasteiger charge is -2.21. The molecular formula is C20H29ClIN5O2S. The Morgan fingerprint density at radius 1 is 1.13 bits per heavy atom. The minimum atomic E-state index is -3.47. The fourth-order valence-electron chi connectivity index (χ4n) is 2.51. The van der Waals surface area contributed by atoms with Gasteiger partial charge >= 0.3 is 0 Å². The summed E-state index contributed by atoms with van der Waals surface area (Å²) in [5.74, 6) is 0.670. The second-order valence-corrected chi connectivity index (χ2v) is 9.24. The standard InChI is InChI=1S/C20H28ClN5O2S.HI/c1-15(2)26(4)29(27,28)18-8-5-16(6-9-18)14-25-20(22-3)23-12-11-17-7-10-19(21)24-13-17;/h5-10,13,15H,11-12,14H2,1-4H3,(H2,22,23,25);1H. The van der Waals surface area contributed by atoms with Crippen LogP contribution in [-0.4, -0.2) is 50.3 Å². The lowest BCUT2D eigenvalue weighted by molar-refractivity contribution is 0.410. The minimum Gasteiger partial charge on any atom is -0.356 e. The van der Waals surface area contributed by atoms with E-state index < -0.39 is 10.0 Å². The van der Waals surface area contributed by atoms with Crippen LogP contribution in [0.2, 0.25) is 5.15 Å². The van der Waals surface area contributed by atoms with Gasteiger partial charge in [0.15, 0.2) is 5.96 Å². The zero-order valence-corrected chi connectivity index (χ0v) is 21.5. The molecule has 0 aliphatic heterocycles. The quantitative estimate of drug-likeness (QED) is 0.222. The van der Waals surface area contributed by atoms with Crippen molar-refractivity contribution >= 4 is 51.6 Å². The highest BCUT2D eigenvalue weighted by molar-refractivity contribution is 14.0. The summed E-state index contributed by atoms with van der Waals surface area (Å²) in [6, 6.07) is 10.5. The summed E-state index contributed by atoms with van der Waals surface area (Å²) in [6.45, 7) is 4.92. The Labute approximate surface area is 201 Å². The van der Waals surface area contributed by atoms with Crippen LogP contribution in [0.1, 0.15) is 25.0 Å². The van der Waals surface area contributed by atoms with Gasteiger partial charge in [0, 0.05) is 39.4 Å². The highest BCUT2D eigenvalue weighted by Gasteiger charge is 2.22. The normalized spacial score (nSPS) is 12.0. The lowest BCUT2D eigenvalue weighted by Crippen LogP contribution is -2.37. The molecule has 0 amide bonds. The molecule has 0 aliphatic rings. The van der Waals surface area contributed by atoms with E-state index in [1.807, 2.05) is 19.9 Å². The number of benzene rings is 1. The summed E-state index contributed by atoms with van der Waals surface area (Å²) in [5, 5.41) is 6.94. The van der Waals surface area contributed by atoms with Crippen molar-refractivity contribution in [3.8, 4) is 0 Å². The maximum absolute atomic E-state index is 12.5. The van der Waals surface area contributed by atoms with E-state index in [0.717, 1.165) is 17.5 Å². The molecule has 0 saturated carbocycles. The van der Waals surface area contributed by atoms with Gasteiger partial charge in [0.25, 0.3) is 0 Å². The third-order valence-corrected chi connectivity index (χ3v) is 6.78. The molecule has 30 heavy (non-hydrogen) atoms. The van der Waals surface area contributed by atoms with Crippen molar-refractivity contribution in [2.24, 2.45) is 4.99 Å². The molecule has 1 aromatic heterocycles. The van der Waals surface area contributed by atoms with Gasteiger partial charge in [-0.25, -0.2) is 13.4 Å². The Morgan fingerprint density at radius 2 is 1.77 bits per heavy atom. The van der Waals surface area contributed by atoms with Crippen molar-refractivity contribution < 1.29 is 8.42 Å². The molecule has 10 heteroatoms. The van der Waals surface area contributed by atoms with Gasteiger partial charge in [0.1, 0.15) is 5.15 Å². The van der Waals surface area contributed by atoms with Crippen LogP contribution in [0.5, 0.6) is 0 Å². The van der Waals surface area contributed by atoms with Crippen molar-refractivity contribution in [1.82, 2.24) is 19.9 Å². The molecule has 0 saturated heterocycles. The molecule has 166 valence electrons. The van der Waals surface area contributed by atoms with E-state index in [0.29, 0.717) is 24.2 Å². The number of guanidine groups is 1. The molecule has 1 aromatic carbocycles. The molecule has 1 heterocycles. The maximum Gasteiger partial charge on any atom is 0.243 e. The van der Waals surface area contributed by atoms with Crippen molar-refractivity contribution in [2.45, 2.75) is 37.8 Å². The Balaban J connectivity index is 0.00000450. The molecule has 0 fully saturated rings. The van der Waals surface area contributed by atoms with Crippen LogP contribution in [0, 0.1) is 0 Å². The second-order valence-electron chi connectivity index (χ2n) is 6.85. The Bertz CT molecular complexity index is 919. The molecule has 2 N–H and O–H groups in total. The molecule has 2 rings (SSSR count). The van der Waals surface area contributed by atoms with E-state index in [1.54, 1.807) is 50.6 Å². The van der Waals surface area contributed by atoms with Crippen molar-refractivity contribution in [1.29, 1.82) is 0 Å². The highest BCUT2D eigenvalue weighted by Crippen LogP contribution is 2.17. The Kier molecular flexibility index (Phi) is 11.0. The van der Waals surface area contributed by atoms with Gasteiger partial charge in [-0.3, -0.25) is 4.99 Å². The van der Waals surface area contributed by atoms with Crippen molar-refractivity contribution in [3.63, 3.8) is 0 Å². The Morgan fingerprint density at radius 3 is 2.30 bits per heavy atom. The van der Waals surface area contributed by atoms with E-state index in [-0.39, 0.29) is 34.9 Å². The molecule has 0 radical (unpaired) electrons. The zero-order valence-electron chi connectivity index (χ0n) is 17.6. The first kappa shape index (κ1) is 26.6. The van der Waals surface area contributed by atoms with Crippen molar-refractivity contribution in [2.75, 3.05) is 20.6 Å². The molecule has 0 unspecified atom stereocenters. The number of sulfonamides is 1. The topological polar surface area (TPSA) is 86.7 Å². The summed E-state index contributed by atoms with van der Waals surface area (Å²) in [7, 11) is -0.175. The minimum absolute atomic E-state index is 0. The van der Waals surface area contributed by atoms with Crippen LogP contribution in [0.15, 0.2) is 52.5 Å². The first-order chi connectivity index (χ1) is 13.7. The fourth-order valence-corrected chi connectivity index (χ4v) is 3.99. The lowest BCUT2D eigenvalue weighted by atomic mass is 10.2. The first-order valence-electron chi connectivity index (χ1n) is 9.36. The molecular weight excluding hydrogens is 537 g/mol. The number of rotatable bonds is 8. The second kappa shape index (κ2) is 12.4. The number of aromatic nitrogens is 1. The number of nitrogens with one attached hydrogen (secondary N) is 2. The average molecular weight is 566 g/mol. The summed E-state index contributed by atoms with van der Waals surface area (Å²) < 4.78 is 26.4.